The van der Waals surface area contributed by atoms with Gasteiger partial charge < -0.3 is 5.32 Å². The Kier molecular flexibility index (Phi) is 4.01. The van der Waals surface area contributed by atoms with Crippen molar-refractivity contribution in [1.29, 1.82) is 0 Å². The Hall–Kier alpha value is -1.27. The second-order valence-corrected chi connectivity index (χ2v) is 7.09. The number of thioether (sulfide) groups is 1. The van der Waals surface area contributed by atoms with E-state index in [2.05, 4.69) is 16.3 Å². The first-order valence-corrected chi connectivity index (χ1v) is 8.36. The first-order chi connectivity index (χ1) is 8.94. The lowest BCUT2D eigenvalue weighted by atomic mass is 10.0. The van der Waals surface area contributed by atoms with E-state index in [0.29, 0.717) is 16.6 Å². The predicted molar refractivity (Wildman–Crippen MR) is 81.4 cm³/mol. The topological polar surface area (TPSA) is 58.5 Å². The molecule has 0 unspecified atom stereocenters. The molecule has 1 aromatic carbocycles. The third-order valence-corrected chi connectivity index (χ3v) is 5.03. The lowest BCUT2D eigenvalue weighted by Gasteiger charge is -2.18. The molecule has 6 heteroatoms. The minimum Gasteiger partial charge on any atom is -0.333 e. The molecule has 0 atom stereocenters. The molecular formula is C13H16N2O2S2. The molecule has 0 amide bonds. The van der Waals surface area contributed by atoms with Crippen LogP contribution in [0.4, 0.5) is 5.69 Å². The molecule has 102 valence electrons. The first-order valence-electron chi connectivity index (χ1n) is 5.93. The van der Waals surface area contributed by atoms with Crippen LogP contribution < -0.4 is 5.32 Å². The number of sulfonamides is 1. The maximum atomic E-state index is 12.2. The number of hydrogen-bond donors (Lipinski definition) is 1. The van der Waals surface area contributed by atoms with Gasteiger partial charge in [-0.25, -0.2) is 0 Å². The Morgan fingerprint density at radius 1 is 1.47 bits per heavy atom. The molecule has 2 rings (SSSR count). The molecule has 19 heavy (non-hydrogen) atoms. The lowest BCUT2D eigenvalue weighted by molar-refractivity contribution is 0.597. The molecule has 0 radical (unpaired) electrons. The third kappa shape index (κ3) is 3.01. The molecule has 1 N–H and O–H groups in total. The smallest absolute Gasteiger partial charge is 0.286 e. The molecule has 0 spiro atoms. The summed E-state index contributed by atoms with van der Waals surface area (Å²) >= 11 is 1.32. The summed E-state index contributed by atoms with van der Waals surface area (Å²) in [7, 11) is -3.61. The molecule has 0 aromatic heterocycles. The van der Waals surface area contributed by atoms with Crippen LogP contribution in [-0.4, -0.2) is 19.3 Å². The van der Waals surface area contributed by atoms with Gasteiger partial charge in [-0.05, 0) is 23.6 Å². The van der Waals surface area contributed by atoms with E-state index in [1.165, 1.54) is 11.8 Å². The number of hydrogen-bond acceptors (Lipinski definition) is 4. The van der Waals surface area contributed by atoms with Crippen LogP contribution in [0.2, 0.25) is 0 Å². The maximum Gasteiger partial charge on any atom is 0.286 e. The summed E-state index contributed by atoms with van der Waals surface area (Å²) in [6, 6.07) is 5.43. The second kappa shape index (κ2) is 5.38. The highest BCUT2D eigenvalue weighted by Crippen LogP contribution is 2.32. The van der Waals surface area contributed by atoms with Crippen molar-refractivity contribution in [3.63, 3.8) is 0 Å². The quantitative estimate of drug-likeness (QED) is 0.870. The van der Waals surface area contributed by atoms with E-state index in [-0.39, 0.29) is 10.8 Å². The van der Waals surface area contributed by atoms with Crippen molar-refractivity contribution in [1.82, 2.24) is 0 Å². The van der Waals surface area contributed by atoms with Crippen LogP contribution >= 0.6 is 11.8 Å². The van der Waals surface area contributed by atoms with Gasteiger partial charge >= 0.3 is 0 Å². The molecule has 4 nitrogen and oxygen atoms in total. The van der Waals surface area contributed by atoms with Gasteiger partial charge in [0.1, 0.15) is 4.90 Å². The SMILES string of the molecule is C=CCSC1=NS(=O)(=O)c2cc(C(C)C)ccc2N1. The molecular weight excluding hydrogens is 280 g/mol. The van der Waals surface area contributed by atoms with E-state index in [1.807, 2.05) is 19.9 Å². The third-order valence-electron chi connectivity index (χ3n) is 2.73. The lowest BCUT2D eigenvalue weighted by Crippen LogP contribution is -2.19. The van der Waals surface area contributed by atoms with Crippen LogP contribution in [-0.2, 0) is 10.0 Å². The van der Waals surface area contributed by atoms with Gasteiger partial charge in [0.2, 0.25) is 0 Å². The summed E-state index contributed by atoms with van der Waals surface area (Å²) in [5.74, 6) is 0.891. The van der Waals surface area contributed by atoms with E-state index in [1.54, 1.807) is 18.2 Å². The molecule has 1 aromatic rings. The molecule has 0 saturated carbocycles. The standard InChI is InChI=1S/C13H16N2O2S2/c1-4-7-18-13-14-11-6-5-10(9(2)3)8-12(11)19(16,17)15-13/h4-6,8-9H,1,7H2,2-3H3,(H,14,15). The van der Waals surface area contributed by atoms with Crippen molar-refractivity contribution < 1.29 is 8.42 Å². The van der Waals surface area contributed by atoms with E-state index in [4.69, 9.17) is 0 Å². The summed E-state index contributed by atoms with van der Waals surface area (Å²) in [5.41, 5.74) is 1.58. The van der Waals surface area contributed by atoms with Crippen LogP contribution in [0.5, 0.6) is 0 Å². The number of anilines is 1. The zero-order chi connectivity index (χ0) is 14.0. The van der Waals surface area contributed by atoms with Gasteiger partial charge in [-0.1, -0.05) is 37.8 Å². The van der Waals surface area contributed by atoms with Gasteiger partial charge in [0.15, 0.2) is 5.17 Å². The van der Waals surface area contributed by atoms with Crippen molar-refractivity contribution in [3.05, 3.63) is 36.4 Å². The van der Waals surface area contributed by atoms with E-state index in [0.717, 1.165) is 5.56 Å². The van der Waals surface area contributed by atoms with Gasteiger partial charge in [-0.15, -0.1) is 11.0 Å². The minimum absolute atomic E-state index is 0.252. The van der Waals surface area contributed by atoms with Gasteiger partial charge in [-0.3, -0.25) is 0 Å². The van der Waals surface area contributed by atoms with Crippen LogP contribution in [0.1, 0.15) is 25.3 Å². The number of amidine groups is 1. The minimum atomic E-state index is -3.61. The van der Waals surface area contributed by atoms with Crippen LogP contribution in [0, 0.1) is 0 Å². The number of nitrogens with zero attached hydrogens (tertiary/aromatic N) is 1. The summed E-state index contributed by atoms with van der Waals surface area (Å²) in [4.78, 5) is 0.252. The summed E-state index contributed by atoms with van der Waals surface area (Å²) in [5, 5.41) is 3.43. The zero-order valence-corrected chi connectivity index (χ0v) is 12.5. The van der Waals surface area contributed by atoms with Crippen molar-refractivity contribution in [3.8, 4) is 0 Å². The van der Waals surface area contributed by atoms with Gasteiger partial charge in [0.05, 0.1) is 5.69 Å². The molecule has 1 aliphatic rings. The predicted octanol–water partition coefficient (Wildman–Crippen LogP) is 3.20. The summed E-state index contributed by atoms with van der Waals surface area (Å²) < 4.78 is 28.1. The number of rotatable bonds is 3. The summed E-state index contributed by atoms with van der Waals surface area (Å²) in [6.07, 6.45) is 1.71. The zero-order valence-electron chi connectivity index (χ0n) is 10.9. The molecule has 0 bridgehead atoms. The average molecular weight is 296 g/mol. The fourth-order valence-corrected chi connectivity index (χ4v) is 3.72. The number of benzene rings is 1. The first kappa shape index (κ1) is 14.1. The highest BCUT2D eigenvalue weighted by Gasteiger charge is 2.25. The average Bonchev–Trinajstić information content (AvgIpc) is 2.35. The summed E-state index contributed by atoms with van der Waals surface area (Å²) in [6.45, 7) is 7.66. The molecule has 1 heterocycles. The second-order valence-electron chi connectivity index (χ2n) is 4.51. The molecule has 0 aliphatic carbocycles. The normalized spacial score (nSPS) is 16.5. The number of fused-ring (bicyclic) bond motifs is 1. The Bertz CT molecular complexity index is 634. The molecule has 1 aliphatic heterocycles. The van der Waals surface area contributed by atoms with Crippen molar-refractivity contribution in [2.75, 3.05) is 11.1 Å². The Morgan fingerprint density at radius 2 is 2.21 bits per heavy atom. The Balaban J connectivity index is 2.42. The van der Waals surface area contributed by atoms with Crippen molar-refractivity contribution in [2.24, 2.45) is 4.40 Å². The Morgan fingerprint density at radius 3 is 2.84 bits per heavy atom. The van der Waals surface area contributed by atoms with Gasteiger partial charge in [0, 0.05) is 5.75 Å². The van der Waals surface area contributed by atoms with Crippen molar-refractivity contribution in [2.45, 2.75) is 24.7 Å². The molecule has 0 fully saturated rings. The van der Waals surface area contributed by atoms with Crippen LogP contribution in [0.25, 0.3) is 0 Å². The van der Waals surface area contributed by atoms with Crippen LogP contribution in [0.3, 0.4) is 0 Å². The van der Waals surface area contributed by atoms with E-state index in [9.17, 15) is 8.42 Å². The largest absolute Gasteiger partial charge is 0.333 e. The van der Waals surface area contributed by atoms with E-state index >= 15 is 0 Å². The number of nitrogens with one attached hydrogen (secondary N) is 1. The van der Waals surface area contributed by atoms with Crippen LogP contribution in [0.15, 0.2) is 40.1 Å². The van der Waals surface area contributed by atoms with Gasteiger partial charge in [0.25, 0.3) is 10.0 Å². The monoisotopic (exact) mass is 296 g/mol. The van der Waals surface area contributed by atoms with Gasteiger partial charge in [-0.2, -0.15) is 8.42 Å². The molecule has 0 saturated heterocycles. The fraction of sp³-hybridized carbons (Fsp3) is 0.308. The fourth-order valence-electron chi connectivity index (χ4n) is 1.71. The maximum absolute atomic E-state index is 12.2. The Labute approximate surface area is 118 Å². The highest BCUT2D eigenvalue weighted by molar-refractivity contribution is 8.15. The highest BCUT2D eigenvalue weighted by atomic mass is 32.2. The van der Waals surface area contributed by atoms with E-state index < -0.39 is 10.0 Å². The van der Waals surface area contributed by atoms with Crippen molar-refractivity contribution >= 4 is 32.6 Å².